The summed E-state index contributed by atoms with van der Waals surface area (Å²) in [5.74, 6) is 0.617. The van der Waals surface area contributed by atoms with Gasteiger partial charge < -0.3 is 10.1 Å². The number of thioether (sulfide) groups is 1. The van der Waals surface area contributed by atoms with E-state index in [-0.39, 0.29) is 6.61 Å². The maximum atomic E-state index is 11.4. The average Bonchev–Trinajstić information content (AvgIpc) is 2.34. The highest BCUT2D eigenvalue weighted by molar-refractivity contribution is 7.99. The van der Waals surface area contributed by atoms with Crippen LogP contribution in [0.25, 0.3) is 0 Å². The standard InChI is InChI=1S/C12H14Cl3NO2S/c1-2-18-11(17)16-10(12(13,14)15)19-8-9-6-4-3-5-7-9/h3-7,10H,2,8H2,1H3,(H,16,17). The molecule has 1 amide bonds. The minimum Gasteiger partial charge on any atom is -0.450 e. The van der Waals surface area contributed by atoms with E-state index >= 15 is 0 Å². The summed E-state index contributed by atoms with van der Waals surface area (Å²) >= 11 is 18.9. The zero-order valence-electron chi connectivity index (χ0n) is 10.2. The van der Waals surface area contributed by atoms with Gasteiger partial charge in [0.2, 0.25) is 3.79 Å². The monoisotopic (exact) mass is 341 g/mol. The number of alkyl carbamates (subject to hydrolysis) is 1. The number of carbonyl (C=O) groups is 1. The Kier molecular flexibility index (Phi) is 7.15. The van der Waals surface area contributed by atoms with Gasteiger partial charge in [-0.25, -0.2) is 4.79 Å². The quantitative estimate of drug-likeness (QED) is 0.638. The van der Waals surface area contributed by atoms with Gasteiger partial charge in [-0.05, 0) is 12.5 Å². The van der Waals surface area contributed by atoms with Crippen molar-refractivity contribution < 1.29 is 9.53 Å². The van der Waals surface area contributed by atoms with E-state index in [0.29, 0.717) is 5.75 Å². The van der Waals surface area contributed by atoms with E-state index in [1.807, 2.05) is 30.3 Å². The molecule has 1 aromatic rings. The highest BCUT2D eigenvalue weighted by atomic mass is 35.6. The summed E-state index contributed by atoms with van der Waals surface area (Å²) in [6, 6.07) is 9.72. The molecule has 19 heavy (non-hydrogen) atoms. The third-order valence-corrected chi connectivity index (χ3v) is 4.43. The number of hydrogen-bond donors (Lipinski definition) is 1. The van der Waals surface area contributed by atoms with Gasteiger partial charge in [-0.15, -0.1) is 11.8 Å². The van der Waals surface area contributed by atoms with Crippen LogP contribution in [0.2, 0.25) is 0 Å². The first-order valence-electron chi connectivity index (χ1n) is 5.59. The van der Waals surface area contributed by atoms with E-state index < -0.39 is 15.3 Å². The summed E-state index contributed by atoms with van der Waals surface area (Å²) in [4.78, 5) is 11.4. The molecule has 1 atom stereocenters. The largest absolute Gasteiger partial charge is 0.450 e. The number of benzene rings is 1. The Balaban J connectivity index is 2.58. The molecule has 0 fully saturated rings. The van der Waals surface area contributed by atoms with Crippen LogP contribution in [-0.4, -0.2) is 21.9 Å². The molecule has 3 nitrogen and oxygen atoms in total. The summed E-state index contributed by atoms with van der Waals surface area (Å²) in [5, 5.41) is 1.85. The Morgan fingerprint density at radius 1 is 1.37 bits per heavy atom. The van der Waals surface area contributed by atoms with Crippen LogP contribution in [0.4, 0.5) is 4.79 Å². The fourth-order valence-corrected chi connectivity index (χ4v) is 2.90. The summed E-state index contributed by atoms with van der Waals surface area (Å²) in [6.07, 6.45) is -0.598. The van der Waals surface area contributed by atoms with Crippen molar-refractivity contribution in [2.24, 2.45) is 0 Å². The number of ether oxygens (including phenoxy) is 1. The van der Waals surface area contributed by atoms with Crippen LogP contribution in [0.3, 0.4) is 0 Å². The molecule has 0 bridgehead atoms. The smallest absolute Gasteiger partial charge is 0.408 e. The zero-order chi connectivity index (χ0) is 14.3. The van der Waals surface area contributed by atoms with Crippen LogP contribution < -0.4 is 5.32 Å². The predicted molar refractivity (Wildman–Crippen MR) is 82.0 cm³/mol. The van der Waals surface area contributed by atoms with Crippen molar-refractivity contribution in [2.75, 3.05) is 6.61 Å². The molecule has 0 saturated carbocycles. The van der Waals surface area contributed by atoms with E-state index in [9.17, 15) is 4.79 Å². The van der Waals surface area contributed by atoms with Gasteiger partial charge in [0, 0.05) is 5.75 Å². The van der Waals surface area contributed by atoms with E-state index in [2.05, 4.69) is 5.32 Å². The van der Waals surface area contributed by atoms with Gasteiger partial charge in [-0.1, -0.05) is 65.1 Å². The fraction of sp³-hybridized carbons (Fsp3) is 0.417. The van der Waals surface area contributed by atoms with Crippen molar-refractivity contribution in [3.8, 4) is 0 Å². The Bertz CT molecular complexity index is 398. The molecule has 1 unspecified atom stereocenters. The molecule has 0 saturated heterocycles. The van der Waals surface area contributed by atoms with Crippen molar-refractivity contribution >= 4 is 52.7 Å². The van der Waals surface area contributed by atoms with E-state index in [0.717, 1.165) is 5.56 Å². The van der Waals surface area contributed by atoms with Gasteiger partial charge in [0.25, 0.3) is 0 Å². The van der Waals surface area contributed by atoms with Crippen molar-refractivity contribution in [3.63, 3.8) is 0 Å². The number of amides is 1. The number of alkyl halides is 3. The summed E-state index contributed by atoms with van der Waals surface area (Å²) < 4.78 is 3.18. The molecule has 0 aliphatic heterocycles. The lowest BCUT2D eigenvalue weighted by molar-refractivity contribution is 0.151. The SMILES string of the molecule is CCOC(=O)NC(SCc1ccccc1)C(Cl)(Cl)Cl. The maximum Gasteiger partial charge on any atom is 0.408 e. The molecule has 1 N–H and O–H groups in total. The first kappa shape index (κ1) is 16.8. The molecule has 0 aliphatic rings. The number of rotatable bonds is 5. The Morgan fingerprint density at radius 3 is 2.53 bits per heavy atom. The molecule has 0 radical (unpaired) electrons. The van der Waals surface area contributed by atoms with Gasteiger partial charge in [-0.3, -0.25) is 0 Å². The molecule has 0 aromatic heterocycles. The van der Waals surface area contributed by atoms with Gasteiger partial charge in [0.15, 0.2) is 0 Å². The summed E-state index contributed by atoms with van der Waals surface area (Å²) in [5.41, 5.74) is 1.08. The van der Waals surface area contributed by atoms with Crippen LogP contribution >= 0.6 is 46.6 Å². The van der Waals surface area contributed by atoms with E-state index in [4.69, 9.17) is 39.5 Å². The van der Waals surface area contributed by atoms with Crippen molar-refractivity contribution in [2.45, 2.75) is 21.8 Å². The normalized spacial score (nSPS) is 12.8. The predicted octanol–water partition coefficient (Wildman–Crippen LogP) is 4.36. The van der Waals surface area contributed by atoms with Crippen LogP contribution in [0.15, 0.2) is 30.3 Å². The van der Waals surface area contributed by atoms with Crippen molar-refractivity contribution in [3.05, 3.63) is 35.9 Å². The van der Waals surface area contributed by atoms with Crippen molar-refractivity contribution in [1.29, 1.82) is 0 Å². The Labute approximate surface area is 131 Å². The van der Waals surface area contributed by atoms with Crippen LogP contribution in [0, 0.1) is 0 Å². The van der Waals surface area contributed by atoms with Gasteiger partial charge >= 0.3 is 6.09 Å². The second kappa shape index (κ2) is 8.10. The molecule has 106 valence electrons. The Morgan fingerprint density at radius 2 is 2.00 bits per heavy atom. The second-order valence-electron chi connectivity index (χ2n) is 3.58. The maximum absolute atomic E-state index is 11.4. The first-order valence-corrected chi connectivity index (χ1v) is 7.77. The third kappa shape index (κ3) is 6.61. The lowest BCUT2D eigenvalue weighted by Crippen LogP contribution is -2.41. The first-order chi connectivity index (χ1) is 8.93. The highest BCUT2D eigenvalue weighted by Crippen LogP contribution is 2.37. The molecule has 0 spiro atoms. The van der Waals surface area contributed by atoms with Gasteiger partial charge in [0.1, 0.15) is 5.37 Å². The van der Waals surface area contributed by atoms with Crippen LogP contribution in [0.5, 0.6) is 0 Å². The molecule has 1 aromatic carbocycles. The lowest BCUT2D eigenvalue weighted by Gasteiger charge is -2.24. The summed E-state index contributed by atoms with van der Waals surface area (Å²) in [6.45, 7) is 1.97. The number of halogens is 3. The topological polar surface area (TPSA) is 38.3 Å². The number of carbonyl (C=O) groups excluding carboxylic acids is 1. The van der Waals surface area contributed by atoms with Crippen molar-refractivity contribution in [1.82, 2.24) is 5.32 Å². The zero-order valence-corrected chi connectivity index (χ0v) is 13.3. The highest BCUT2D eigenvalue weighted by Gasteiger charge is 2.34. The average molecular weight is 343 g/mol. The molecule has 0 aliphatic carbocycles. The molecular formula is C12H14Cl3NO2S. The molecule has 1 rings (SSSR count). The van der Waals surface area contributed by atoms with E-state index in [1.165, 1.54) is 11.8 Å². The molecule has 7 heteroatoms. The van der Waals surface area contributed by atoms with Gasteiger partial charge in [0.05, 0.1) is 6.61 Å². The second-order valence-corrected chi connectivity index (χ2v) is 7.05. The number of hydrogen-bond acceptors (Lipinski definition) is 3. The third-order valence-electron chi connectivity index (χ3n) is 2.08. The summed E-state index contributed by atoms with van der Waals surface area (Å²) in [7, 11) is 0. The molecule has 0 heterocycles. The Hall–Kier alpha value is -0.290. The fourth-order valence-electron chi connectivity index (χ4n) is 1.25. The van der Waals surface area contributed by atoms with Crippen LogP contribution in [0.1, 0.15) is 12.5 Å². The minimum absolute atomic E-state index is 0.266. The minimum atomic E-state index is -1.60. The lowest BCUT2D eigenvalue weighted by atomic mass is 10.2. The molecular weight excluding hydrogens is 329 g/mol. The van der Waals surface area contributed by atoms with Crippen LogP contribution in [-0.2, 0) is 10.5 Å². The number of nitrogens with one attached hydrogen (secondary N) is 1. The van der Waals surface area contributed by atoms with E-state index in [1.54, 1.807) is 6.92 Å². The van der Waals surface area contributed by atoms with Gasteiger partial charge in [-0.2, -0.15) is 0 Å².